The van der Waals surface area contributed by atoms with E-state index in [0.29, 0.717) is 0 Å². The summed E-state index contributed by atoms with van der Waals surface area (Å²) < 4.78 is 27.7. The first kappa shape index (κ1) is 12.6. The van der Waals surface area contributed by atoms with Gasteiger partial charge in [-0.05, 0) is 19.0 Å². The lowest BCUT2D eigenvalue weighted by Crippen LogP contribution is -2.20. The van der Waals surface area contributed by atoms with Gasteiger partial charge in [0.15, 0.2) is 0 Å². The fraction of sp³-hybridized carbons (Fsp3) is 0.444. The van der Waals surface area contributed by atoms with Crippen molar-refractivity contribution in [3.8, 4) is 5.88 Å². The Morgan fingerprint density at radius 3 is 2.88 bits per heavy atom. The van der Waals surface area contributed by atoms with Crippen molar-refractivity contribution in [2.24, 2.45) is 5.14 Å². The highest BCUT2D eigenvalue weighted by Crippen LogP contribution is 2.25. The van der Waals surface area contributed by atoms with E-state index in [1.165, 1.54) is 6.07 Å². The molecule has 1 aliphatic rings. The zero-order valence-electron chi connectivity index (χ0n) is 8.89. The number of nitrogens with two attached hydrogens (primary N) is 1. The summed E-state index contributed by atoms with van der Waals surface area (Å²) in [4.78, 5) is 3.74. The van der Waals surface area contributed by atoms with Gasteiger partial charge in [0.1, 0.15) is 16.0 Å². The molecule has 3 N–H and O–H groups in total. The van der Waals surface area contributed by atoms with Gasteiger partial charge < -0.3 is 10.1 Å². The molecule has 0 aliphatic carbocycles. The second kappa shape index (κ2) is 4.77. The third kappa shape index (κ3) is 3.06. The largest absolute Gasteiger partial charge is 0.472 e. The van der Waals surface area contributed by atoms with Crippen molar-refractivity contribution in [1.29, 1.82) is 0 Å². The maximum Gasteiger partial charge on any atom is 0.239 e. The zero-order valence-corrected chi connectivity index (χ0v) is 10.5. The van der Waals surface area contributed by atoms with E-state index in [1.54, 1.807) is 0 Å². The number of nitrogens with one attached hydrogen (secondary N) is 1. The van der Waals surface area contributed by atoms with Crippen LogP contribution in [0.2, 0.25) is 5.02 Å². The Labute approximate surface area is 104 Å². The third-order valence-corrected chi connectivity index (χ3v) is 3.56. The number of rotatable bonds is 3. The first-order chi connectivity index (χ1) is 7.97. The average molecular weight is 278 g/mol. The van der Waals surface area contributed by atoms with Crippen LogP contribution in [0.5, 0.6) is 5.88 Å². The lowest BCUT2D eigenvalue weighted by molar-refractivity contribution is 0.214. The molecule has 0 bridgehead atoms. The van der Waals surface area contributed by atoms with E-state index in [2.05, 4.69) is 10.3 Å². The normalized spacial score (nSPS) is 20.5. The quantitative estimate of drug-likeness (QED) is 0.819. The highest BCUT2D eigenvalue weighted by Gasteiger charge is 2.19. The van der Waals surface area contributed by atoms with Crippen LogP contribution in [0, 0.1) is 0 Å². The van der Waals surface area contributed by atoms with Crippen LogP contribution >= 0.6 is 11.6 Å². The van der Waals surface area contributed by atoms with E-state index in [4.69, 9.17) is 21.5 Å². The molecule has 6 nitrogen and oxygen atoms in total. The Morgan fingerprint density at radius 2 is 2.35 bits per heavy atom. The molecule has 0 spiro atoms. The fourth-order valence-corrected chi connectivity index (χ4v) is 2.29. The van der Waals surface area contributed by atoms with Crippen molar-refractivity contribution in [2.75, 3.05) is 13.1 Å². The predicted molar refractivity (Wildman–Crippen MR) is 62.5 cm³/mol. The molecule has 17 heavy (non-hydrogen) atoms. The second-order valence-corrected chi connectivity index (χ2v) is 5.70. The summed E-state index contributed by atoms with van der Waals surface area (Å²) in [5.74, 6) is 0.229. The molecule has 0 aromatic carbocycles. The molecule has 1 aromatic rings. The molecule has 1 aromatic heterocycles. The number of aromatic nitrogens is 1. The molecule has 1 unspecified atom stereocenters. The lowest BCUT2D eigenvalue weighted by atomic mass is 10.3. The summed E-state index contributed by atoms with van der Waals surface area (Å²) in [6.45, 7) is 1.62. The highest BCUT2D eigenvalue weighted by atomic mass is 35.5. The van der Waals surface area contributed by atoms with E-state index in [0.717, 1.165) is 25.7 Å². The van der Waals surface area contributed by atoms with Gasteiger partial charge in [-0.25, -0.2) is 18.5 Å². The number of ether oxygens (including phenoxy) is 1. The van der Waals surface area contributed by atoms with Gasteiger partial charge in [-0.2, -0.15) is 0 Å². The van der Waals surface area contributed by atoms with Crippen LogP contribution in [0.1, 0.15) is 6.42 Å². The van der Waals surface area contributed by atoms with E-state index in [-0.39, 0.29) is 21.9 Å². The number of nitrogens with zero attached hydrogens (tertiary/aromatic N) is 1. The van der Waals surface area contributed by atoms with Gasteiger partial charge in [0.05, 0.1) is 6.20 Å². The van der Waals surface area contributed by atoms with E-state index in [1.807, 2.05) is 0 Å². The minimum absolute atomic E-state index is 0.0142. The number of hydrogen-bond acceptors (Lipinski definition) is 5. The van der Waals surface area contributed by atoms with Crippen LogP contribution in [0.4, 0.5) is 0 Å². The molecule has 0 amide bonds. The van der Waals surface area contributed by atoms with E-state index >= 15 is 0 Å². The molecule has 1 aliphatic heterocycles. The molecule has 2 heterocycles. The first-order valence-corrected chi connectivity index (χ1v) is 6.95. The standard InChI is InChI=1S/C9H12ClN3O3S/c10-8-3-7(17(11,14)15)5-13-9(8)16-6-1-2-12-4-6/h3,5-6,12H,1-2,4H2,(H2,11,14,15). The number of hydrogen-bond donors (Lipinski definition) is 2. The molecular formula is C9H12ClN3O3S. The maximum atomic E-state index is 11.1. The Hall–Kier alpha value is -0.890. The van der Waals surface area contributed by atoms with Crippen molar-refractivity contribution in [1.82, 2.24) is 10.3 Å². The smallest absolute Gasteiger partial charge is 0.239 e. The molecule has 0 saturated carbocycles. The van der Waals surface area contributed by atoms with Gasteiger partial charge in [-0.1, -0.05) is 11.6 Å². The van der Waals surface area contributed by atoms with Crippen LogP contribution in [0.15, 0.2) is 17.2 Å². The second-order valence-electron chi connectivity index (χ2n) is 3.74. The van der Waals surface area contributed by atoms with Crippen molar-refractivity contribution < 1.29 is 13.2 Å². The molecule has 94 valence electrons. The Balaban J connectivity index is 2.19. The van der Waals surface area contributed by atoms with Gasteiger partial charge in [-0.15, -0.1) is 0 Å². The number of sulfonamides is 1. The van der Waals surface area contributed by atoms with E-state index in [9.17, 15) is 8.42 Å². The van der Waals surface area contributed by atoms with Crippen molar-refractivity contribution in [2.45, 2.75) is 17.4 Å². The summed E-state index contributed by atoms with van der Waals surface area (Å²) in [7, 11) is -3.78. The SMILES string of the molecule is NS(=O)(=O)c1cnc(OC2CCNC2)c(Cl)c1. The molecule has 1 saturated heterocycles. The number of pyridine rings is 1. The minimum Gasteiger partial charge on any atom is -0.472 e. The average Bonchev–Trinajstić information content (AvgIpc) is 2.72. The number of primary sulfonamides is 1. The topological polar surface area (TPSA) is 94.3 Å². The zero-order chi connectivity index (χ0) is 12.5. The molecule has 1 atom stereocenters. The summed E-state index contributed by atoms with van der Waals surface area (Å²) >= 11 is 5.89. The van der Waals surface area contributed by atoms with Crippen molar-refractivity contribution >= 4 is 21.6 Å². The first-order valence-electron chi connectivity index (χ1n) is 5.02. The van der Waals surface area contributed by atoms with Crippen LogP contribution in [0.25, 0.3) is 0 Å². The van der Waals surface area contributed by atoms with Gasteiger partial charge in [0.25, 0.3) is 0 Å². The Morgan fingerprint density at radius 1 is 1.59 bits per heavy atom. The van der Waals surface area contributed by atoms with Gasteiger partial charge in [0.2, 0.25) is 15.9 Å². The van der Waals surface area contributed by atoms with Gasteiger partial charge in [-0.3, -0.25) is 0 Å². The summed E-state index contributed by atoms with van der Waals surface area (Å²) in [5, 5.41) is 8.24. The highest BCUT2D eigenvalue weighted by molar-refractivity contribution is 7.89. The van der Waals surface area contributed by atoms with Crippen LogP contribution in [0.3, 0.4) is 0 Å². The molecular weight excluding hydrogens is 266 g/mol. The summed E-state index contributed by atoms with van der Waals surface area (Å²) in [5.41, 5.74) is 0. The van der Waals surface area contributed by atoms with Crippen molar-refractivity contribution in [3.05, 3.63) is 17.3 Å². The van der Waals surface area contributed by atoms with Gasteiger partial charge >= 0.3 is 0 Å². The summed E-state index contributed by atoms with van der Waals surface area (Å²) in [6, 6.07) is 1.24. The minimum atomic E-state index is -3.78. The van der Waals surface area contributed by atoms with Crippen LogP contribution < -0.4 is 15.2 Å². The molecule has 8 heteroatoms. The van der Waals surface area contributed by atoms with Gasteiger partial charge in [0, 0.05) is 6.54 Å². The molecule has 2 rings (SSSR count). The molecule has 1 fully saturated rings. The van der Waals surface area contributed by atoms with Crippen LogP contribution in [-0.2, 0) is 10.0 Å². The lowest BCUT2D eigenvalue weighted by Gasteiger charge is -2.12. The monoisotopic (exact) mass is 277 g/mol. The third-order valence-electron chi connectivity index (χ3n) is 2.40. The fourth-order valence-electron chi connectivity index (χ4n) is 1.54. The van der Waals surface area contributed by atoms with Crippen molar-refractivity contribution in [3.63, 3.8) is 0 Å². The predicted octanol–water partition coefficient (Wildman–Crippen LogP) is 0.123. The Bertz CT molecular complexity index is 514. The van der Waals surface area contributed by atoms with E-state index < -0.39 is 10.0 Å². The number of halogens is 1. The maximum absolute atomic E-state index is 11.1. The Kier molecular flexibility index (Phi) is 3.53. The van der Waals surface area contributed by atoms with Crippen LogP contribution in [-0.4, -0.2) is 32.6 Å². The summed E-state index contributed by atoms with van der Waals surface area (Å²) in [6.07, 6.45) is 2.02. The molecule has 0 radical (unpaired) electrons.